The largest absolute Gasteiger partial charge is 0.389 e. The molecule has 1 atom stereocenters. The van der Waals surface area contributed by atoms with Crippen molar-refractivity contribution in [3.8, 4) is 0 Å². The lowest BCUT2D eigenvalue weighted by atomic mass is 10.3. The molecule has 0 radical (unpaired) electrons. The molecule has 1 unspecified atom stereocenters. The van der Waals surface area contributed by atoms with Gasteiger partial charge >= 0.3 is 5.69 Å². The van der Waals surface area contributed by atoms with Gasteiger partial charge in [0.25, 0.3) is 0 Å². The van der Waals surface area contributed by atoms with Gasteiger partial charge in [0.15, 0.2) is 0 Å². The number of rotatable bonds is 5. The monoisotopic (exact) mass is 343 g/mol. The summed E-state index contributed by atoms with van der Waals surface area (Å²) in [7, 11) is 0. The number of aliphatic hydroxyl groups is 1. The first kappa shape index (κ1) is 14.7. The highest BCUT2D eigenvalue weighted by Crippen LogP contribution is 2.20. The summed E-state index contributed by atoms with van der Waals surface area (Å²) in [5.74, 6) is 0. The molecule has 0 aliphatic rings. The average Bonchev–Trinajstić information content (AvgIpc) is 2.92. The highest BCUT2D eigenvalue weighted by Gasteiger charge is 2.15. The highest BCUT2D eigenvalue weighted by molar-refractivity contribution is 9.10. The van der Waals surface area contributed by atoms with Crippen molar-refractivity contribution in [1.29, 1.82) is 0 Å². The van der Waals surface area contributed by atoms with Crippen molar-refractivity contribution in [3.05, 3.63) is 38.4 Å². The molecule has 0 spiro atoms. The maximum Gasteiger partial charge on any atom is 0.306 e. The molecule has 2 aromatic heterocycles. The Morgan fingerprint density at radius 1 is 1.50 bits per heavy atom. The Kier molecular flexibility index (Phi) is 4.19. The molecule has 0 saturated heterocycles. The molecular formula is C11H14BrN5O3. The summed E-state index contributed by atoms with van der Waals surface area (Å²) in [6.45, 7) is 4.24. The van der Waals surface area contributed by atoms with E-state index >= 15 is 0 Å². The SMILES string of the molecule is Cc1nn(CC(O)Cn2cc([N+](=O)[O-])cn2)c(C)c1Br. The van der Waals surface area contributed by atoms with Crippen LogP contribution in [0.2, 0.25) is 0 Å². The van der Waals surface area contributed by atoms with E-state index in [1.54, 1.807) is 4.68 Å². The Morgan fingerprint density at radius 2 is 2.20 bits per heavy atom. The van der Waals surface area contributed by atoms with Crippen LogP contribution in [0.1, 0.15) is 11.4 Å². The van der Waals surface area contributed by atoms with Crippen LogP contribution in [0, 0.1) is 24.0 Å². The zero-order valence-electron chi connectivity index (χ0n) is 11.0. The van der Waals surface area contributed by atoms with Crippen molar-refractivity contribution in [2.24, 2.45) is 0 Å². The Morgan fingerprint density at radius 3 is 2.70 bits per heavy atom. The third-order valence-electron chi connectivity index (χ3n) is 2.91. The quantitative estimate of drug-likeness (QED) is 0.653. The molecule has 2 aromatic rings. The fourth-order valence-corrected chi connectivity index (χ4v) is 2.16. The van der Waals surface area contributed by atoms with Gasteiger partial charge in [0.1, 0.15) is 12.4 Å². The summed E-state index contributed by atoms with van der Waals surface area (Å²) in [6.07, 6.45) is 1.71. The first-order valence-electron chi connectivity index (χ1n) is 5.93. The van der Waals surface area contributed by atoms with Crippen LogP contribution in [0.4, 0.5) is 5.69 Å². The van der Waals surface area contributed by atoms with E-state index in [-0.39, 0.29) is 12.2 Å². The van der Waals surface area contributed by atoms with Gasteiger partial charge in [0.2, 0.25) is 0 Å². The van der Waals surface area contributed by atoms with Gasteiger partial charge in [0.05, 0.1) is 34.3 Å². The van der Waals surface area contributed by atoms with Crippen molar-refractivity contribution in [3.63, 3.8) is 0 Å². The summed E-state index contributed by atoms with van der Waals surface area (Å²) < 4.78 is 3.96. The number of aryl methyl sites for hydroxylation is 1. The van der Waals surface area contributed by atoms with Crippen LogP contribution in [-0.2, 0) is 13.1 Å². The van der Waals surface area contributed by atoms with Gasteiger partial charge in [-0.1, -0.05) is 0 Å². The normalized spacial score (nSPS) is 12.6. The molecule has 8 nitrogen and oxygen atoms in total. The van der Waals surface area contributed by atoms with E-state index in [0.29, 0.717) is 6.54 Å². The van der Waals surface area contributed by atoms with Gasteiger partial charge in [-0.15, -0.1) is 0 Å². The molecule has 0 aliphatic carbocycles. The maximum atomic E-state index is 10.5. The fraction of sp³-hybridized carbons (Fsp3) is 0.455. The summed E-state index contributed by atoms with van der Waals surface area (Å²) in [6, 6.07) is 0. The van der Waals surface area contributed by atoms with E-state index in [4.69, 9.17) is 0 Å². The van der Waals surface area contributed by atoms with Crippen LogP contribution in [0.3, 0.4) is 0 Å². The number of aromatic nitrogens is 4. The summed E-state index contributed by atoms with van der Waals surface area (Å²) >= 11 is 3.42. The fourth-order valence-electron chi connectivity index (χ4n) is 1.87. The molecule has 2 rings (SSSR count). The standard InChI is InChI=1S/C11H14BrN5O3/c1-7-11(12)8(2)16(14-7)6-10(18)5-15-4-9(3-13-15)17(19)20/h3-4,10,18H,5-6H2,1-2H3. The van der Waals surface area contributed by atoms with E-state index in [9.17, 15) is 15.2 Å². The van der Waals surface area contributed by atoms with Gasteiger partial charge < -0.3 is 5.11 Å². The van der Waals surface area contributed by atoms with E-state index in [2.05, 4.69) is 26.1 Å². The second-order valence-electron chi connectivity index (χ2n) is 4.50. The van der Waals surface area contributed by atoms with Crippen molar-refractivity contribution < 1.29 is 10.0 Å². The molecule has 0 fully saturated rings. The van der Waals surface area contributed by atoms with E-state index in [0.717, 1.165) is 22.1 Å². The first-order chi connectivity index (χ1) is 9.38. The predicted octanol–water partition coefficient (Wildman–Crippen LogP) is 1.43. The zero-order valence-corrected chi connectivity index (χ0v) is 12.6. The minimum absolute atomic E-state index is 0.0916. The molecule has 1 N–H and O–H groups in total. The van der Waals surface area contributed by atoms with Crippen LogP contribution in [-0.4, -0.2) is 35.7 Å². The van der Waals surface area contributed by atoms with Gasteiger partial charge in [0, 0.05) is 5.69 Å². The number of halogens is 1. The third-order valence-corrected chi connectivity index (χ3v) is 4.05. The van der Waals surface area contributed by atoms with Crippen molar-refractivity contribution >= 4 is 21.6 Å². The Balaban J connectivity index is 2.02. The average molecular weight is 344 g/mol. The molecule has 108 valence electrons. The molecule has 0 aliphatic heterocycles. The van der Waals surface area contributed by atoms with Gasteiger partial charge in [-0.05, 0) is 29.8 Å². The Hall–Kier alpha value is -1.74. The molecule has 0 aromatic carbocycles. The molecule has 0 bridgehead atoms. The second kappa shape index (κ2) is 5.71. The molecule has 0 amide bonds. The van der Waals surface area contributed by atoms with Crippen molar-refractivity contribution in [2.45, 2.75) is 33.0 Å². The lowest BCUT2D eigenvalue weighted by molar-refractivity contribution is -0.385. The molecule has 9 heteroatoms. The molecular weight excluding hydrogens is 330 g/mol. The van der Waals surface area contributed by atoms with Crippen LogP contribution < -0.4 is 0 Å². The van der Waals surface area contributed by atoms with Gasteiger partial charge in [-0.3, -0.25) is 19.5 Å². The second-order valence-corrected chi connectivity index (χ2v) is 5.29. The number of hydrogen-bond donors (Lipinski definition) is 1. The molecule has 0 saturated carbocycles. The van der Waals surface area contributed by atoms with E-state index < -0.39 is 11.0 Å². The predicted molar refractivity (Wildman–Crippen MR) is 74.3 cm³/mol. The maximum absolute atomic E-state index is 10.5. The van der Waals surface area contributed by atoms with Gasteiger partial charge in [-0.2, -0.15) is 10.2 Å². The number of hydrogen-bond acceptors (Lipinski definition) is 5. The summed E-state index contributed by atoms with van der Waals surface area (Å²) in [5.41, 5.74) is 1.68. The van der Waals surface area contributed by atoms with E-state index in [1.807, 2.05) is 13.8 Å². The number of nitro groups is 1. The first-order valence-corrected chi connectivity index (χ1v) is 6.72. The van der Waals surface area contributed by atoms with Crippen LogP contribution in [0.25, 0.3) is 0 Å². The Bertz CT molecular complexity index is 636. The van der Waals surface area contributed by atoms with Crippen molar-refractivity contribution in [1.82, 2.24) is 19.6 Å². The highest BCUT2D eigenvalue weighted by atomic mass is 79.9. The topological polar surface area (TPSA) is 99.0 Å². The summed E-state index contributed by atoms with van der Waals surface area (Å²) in [5, 5.41) is 28.7. The minimum Gasteiger partial charge on any atom is -0.389 e. The van der Waals surface area contributed by atoms with Crippen LogP contribution in [0.5, 0.6) is 0 Å². The van der Waals surface area contributed by atoms with Crippen molar-refractivity contribution in [2.75, 3.05) is 0 Å². The van der Waals surface area contributed by atoms with E-state index in [1.165, 1.54) is 10.9 Å². The zero-order chi connectivity index (χ0) is 14.9. The smallest absolute Gasteiger partial charge is 0.306 e. The van der Waals surface area contributed by atoms with Crippen LogP contribution in [0.15, 0.2) is 16.9 Å². The lowest BCUT2D eigenvalue weighted by Gasteiger charge is -2.11. The molecule has 2 heterocycles. The lowest BCUT2D eigenvalue weighted by Crippen LogP contribution is -2.23. The molecule has 20 heavy (non-hydrogen) atoms. The number of aliphatic hydroxyl groups excluding tert-OH is 1. The number of nitrogens with zero attached hydrogens (tertiary/aromatic N) is 5. The third kappa shape index (κ3) is 3.05. The van der Waals surface area contributed by atoms with Crippen LogP contribution >= 0.6 is 15.9 Å². The minimum atomic E-state index is -0.737. The van der Waals surface area contributed by atoms with Gasteiger partial charge in [-0.25, -0.2) is 0 Å². The summed E-state index contributed by atoms with van der Waals surface area (Å²) in [4.78, 5) is 10.0. The Labute approximate surface area is 123 Å².